The number of hydrogen-bond donors (Lipinski definition) is 2. The Balaban J connectivity index is 1.48. The molecule has 5 heteroatoms. The average Bonchev–Trinajstić information content (AvgIpc) is 3.13. The molecule has 2 saturated heterocycles. The van der Waals surface area contributed by atoms with Crippen LogP contribution in [0.25, 0.3) is 0 Å². The summed E-state index contributed by atoms with van der Waals surface area (Å²) >= 11 is 0. The van der Waals surface area contributed by atoms with E-state index >= 15 is 0 Å². The van der Waals surface area contributed by atoms with Crippen LogP contribution in [-0.2, 0) is 11.3 Å². The Morgan fingerprint density at radius 2 is 2.23 bits per heavy atom. The van der Waals surface area contributed by atoms with Crippen molar-refractivity contribution >= 4 is 22.9 Å². The normalized spacial score (nSPS) is 25.0. The van der Waals surface area contributed by atoms with E-state index in [1.165, 1.54) is 11.3 Å². The van der Waals surface area contributed by atoms with Crippen LogP contribution >= 0.6 is 0 Å². The zero-order chi connectivity index (χ0) is 14.5. The van der Waals surface area contributed by atoms with Gasteiger partial charge in [0.05, 0.1) is 30.1 Å². The maximum atomic E-state index is 5.70. The number of fused-ring (bicyclic) bond motifs is 4. The molecule has 3 aliphatic heterocycles. The second kappa shape index (κ2) is 4.61. The molecular formula is C17H18N4O. The fraction of sp³-hybridized carbons (Fsp3) is 0.353. The molecule has 2 atom stereocenters. The molecule has 0 amide bonds. The lowest BCUT2D eigenvalue weighted by Crippen LogP contribution is -2.36. The van der Waals surface area contributed by atoms with Crippen LogP contribution in [0.15, 0.2) is 36.5 Å². The van der Waals surface area contributed by atoms with Gasteiger partial charge in [0.25, 0.3) is 0 Å². The molecule has 5 rings (SSSR count). The van der Waals surface area contributed by atoms with Crippen molar-refractivity contribution < 1.29 is 4.74 Å². The van der Waals surface area contributed by atoms with Crippen molar-refractivity contribution in [3.05, 3.63) is 42.1 Å². The molecule has 5 nitrogen and oxygen atoms in total. The highest BCUT2D eigenvalue weighted by atomic mass is 16.5. The summed E-state index contributed by atoms with van der Waals surface area (Å²) in [6.07, 6.45) is 3.41. The van der Waals surface area contributed by atoms with Gasteiger partial charge in [-0.15, -0.1) is 0 Å². The van der Waals surface area contributed by atoms with Gasteiger partial charge in [-0.2, -0.15) is 0 Å². The van der Waals surface area contributed by atoms with Crippen LogP contribution < -0.4 is 15.5 Å². The molecule has 0 saturated carbocycles. The Kier molecular flexibility index (Phi) is 2.58. The van der Waals surface area contributed by atoms with Gasteiger partial charge in [-0.05, 0) is 30.7 Å². The van der Waals surface area contributed by atoms with E-state index in [2.05, 4.69) is 44.8 Å². The van der Waals surface area contributed by atoms with Gasteiger partial charge in [0.15, 0.2) is 0 Å². The van der Waals surface area contributed by atoms with E-state index in [0.29, 0.717) is 12.1 Å². The van der Waals surface area contributed by atoms with Crippen molar-refractivity contribution in [2.24, 2.45) is 0 Å². The topological polar surface area (TPSA) is 49.4 Å². The number of ether oxygens (including phenoxy) is 1. The number of hydrogen-bond acceptors (Lipinski definition) is 5. The van der Waals surface area contributed by atoms with Crippen LogP contribution in [0.2, 0.25) is 0 Å². The molecule has 0 spiro atoms. The second-order valence-corrected chi connectivity index (χ2v) is 6.22. The summed E-state index contributed by atoms with van der Waals surface area (Å²) in [5, 5.41) is 6.97. The average molecular weight is 294 g/mol. The third kappa shape index (κ3) is 1.85. The molecule has 2 bridgehead atoms. The Hall–Kier alpha value is -2.27. The van der Waals surface area contributed by atoms with Crippen molar-refractivity contribution in [3.63, 3.8) is 0 Å². The predicted molar refractivity (Wildman–Crippen MR) is 86.8 cm³/mol. The van der Waals surface area contributed by atoms with Gasteiger partial charge < -0.3 is 20.3 Å². The lowest BCUT2D eigenvalue weighted by molar-refractivity contribution is 0.0991. The summed E-state index contributed by atoms with van der Waals surface area (Å²) in [4.78, 5) is 6.91. The number of nitrogens with zero attached hydrogens (tertiary/aromatic N) is 2. The molecule has 2 aromatic rings. The molecular weight excluding hydrogens is 276 g/mol. The lowest BCUT2D eigenvalue weighted by atomic mass is 10.2. The number of anilines is 4. The number of nitrogens with one attached hydrogen (secondary N) is 2. The molecule has 0 radical (unpaired) electrons. The number of benzene rings is 1. The summed E-state index contributed by atoms with van der Waals surface area (Å²) in [5.74, 6) is 0.940. The first-order chi connectivity index (χ1) is 10.9. The third-order valence-electron chi connectivity index (χ3n) is 4.85. The molecule has 22 heavy (non-hydrogen) atoms. The van der Waals surface area contributed by atoms with Crippen LogP contribution in [-0.4, -0.2) is 30.3 Å². The van der Waals surface area contributed by atoms with Gasteiger partial charge in [0.1, 0.15) is 5.82 Å². The van der Waals surface area contributed by atoms with Gasteiger partial charge in [0.2, 0.25) is 0 Å². The number of morpholine rings is 1. The van der Waals surface area contributed by atoms with Crippen LogP contribution in [0.5, 0.6) is 0 Å². The molecule has 0 aliphatic carbocycles. The van der Waals surface area contributed by atoms with E-state index in [-0.39, 0.29) is 0 Å². The van der Waals surface area contributed by atoms with E-state index < -0.39 is 0 Å². The molecule has 3 aliphatic rings. The van der Waals surface area contributed by atoms with E-state index in [4.69, 9.17) is 4.74 Å². The quantitative estimate of drug-likeness (QED) is 0.847. The fourth-order valence-electron chi connectivity index (χ4n) is 3.69. The van der Waals surface area contributed by atoms with E-state index in [9.17, 15) is 0 Å². The largest absolute Gasteiger partial charge is 0.379 e. The number of aromatic nitrogens is 1. The standard InChI is InChI=1S/C17H18N4O/c1-2-11-8-19-16-7-12(21-9-14-6-13(21)10-22-14)3-4-15(16)20-17(11)18-5-1/h1-5,7,13-14,19H,6,8-10H2,(H,18,20)/t13?,14-/m0/s1. The first-order valence-corrected chi connectivity index (χ1v) is 7.84. The summed E-state index contributed by atoms with van der Waals surface area (Å²) in [7, 11) is 0. The Morgan fingerprint density at radius 3 is 3.09 bits per heavy atom. The second-order valence-electron chi connectivity index (χ2n) is 6.22. The van der Waals surface area contributed by atoms with E-state index in [1.807, 2.05) is 12.3 Å². The van der Waals surface area contributed by atoms with Gasteiger partial charge in [0, 0.05) is 30.5 Å². The zero-order valence-corrected chi connectivity index (χ0v) is 12.2. The van der Waals surface area contributed by atoms with E-state index in [0.717, 1.165) is 43.3 Å². The third-order valence-corrected chi connectivity index (χ3v) is 4.85. The predicted octanol–water partition coefficient (Wildman–Crippen LogP) is 2.73. The Labute approximate surface area is 129 Å². The van der Waals surface area contributed by atoms with Crippen molar-refractivity contribution in [2.45, 2.75) is 25.1 Å². The first kappa shape index (κ1) is 12.3. The van der Waals surface area contributed by atoms with Crippen LogP contribution in [0.1, 0.15) is 12.0 Å². The number of pyridine rings is 1. The molecule has 1 aromatic heterocycles. The summed E-state index contributed by atoms with van der Waals surface area (Å²) in [6.45, 7) is 2.67. The van der Waals surface area contributed by atoms with Crippen molar-refractivity contribution in [1.29, 1.82) is 0 Å². The fourth-order valence-corrected chi connectivity index (χ4v) is 3.69. The molecule has 1 unspecified atom stereocenters. The highest BCUT2D eigenvalue weighted by Gasteiger charge is 2.39. The molecule has 4 heterocycles. The first-order valence-electron chi connectivity index (χ1n) is 7.84. The number of rotatable bonds is 1. The maximum absolute atomic E-state index is 5.70. The Morgan fingerprint density at radius 1 is 1.23 bits per heavy atom. The smallest absolute Gasteiger partial charge is 0.135 e. The lowest BCUT2D eigenvalue weighted by Gasteiger charge is -2.29. The maximum Gasteiger partial charge on any atom is 0.135 e. The van der Waals surface area contributed by atoms with Crippen molar-refractivity contribution in [1.82, 2.24) is 4.98 Å². The molecule has 112 valence electrons. The van der Waals surface area contributed by atoms with E-state index in [1.54, 1.807) is 0 Å². The van der Waals surface area contributed by atoms with Gasteiger partial charge in [-0.3, -0.25) is 0 Å². The summed E-state index contributed by atoms with van der Waals surface area (Å²) in [5.41, 5.74) is 4.69. The van der Waals surface area contributed by atoms with Gasteiger partial charge in [-0.1, -0.05) is 6.07 Å². The SMILES string of the molecule is c1cnc2c(c1)CNc1cc(N3C[C@@H]4CC3CO4)ccc1N2. The minimum atomic E-state index is 0.420. The van der Waals surface area contributed by atoms with Crippen molar-refractivity contribution in [3.8, 4) is 0 Å². The van der Waals surface area contributed by atoms with Crippen LogP contribution in [0.3, 0.4) is 0 Å². The Bertz CT molecular complexity index is 732. The summed E-state index contributed by atoms with van der Waals surface area (Å²) in [6, 6.07) is 11.2. The van der Waals surface area contributed by atoms with Gasteiger partial charge >= 0.3 is 0 Å². The molecule has 1 aromatic carbocycles. The molecule has 2 N–H and O–H groups in total. The zero-order valence-electron chi connectivity index (χ0n) is 12.2. The van der Waals surface area contributed by atoms with Crippen molar-refractivity contribution in [2.75, 3.05) is 28.7 Å². The minimum Gasteiger partial charge on any atom is -0.379 e. The molecule has 2 fully saturated rings. The van der Waals surface area contributed by atoms with Gasteiger partial charge in [-0.25, -0.2) is 4.98 Å². The highest BCUT2D eigenvalue weighted by molar-refractivity contribution is 5.80. The monoisotopic (exact) mass is 294 g/mol. The highest BCUT2D eigenvalue weighted by Crippen LogP contribution is 2.37. The minimum absolute atomic E-state index is 0.420. The van der Waals surface area contributed by atoms with Crippen LogP contribution in [0.4, 0.5) is 22.9 Å². The summed E-state index contributed by atoms with van der Waals surface area (Å²) < 4.78 is 5.70. The van der Waals surface area contributed by atoms with Crippen LogP contribution in [0, 0.1) is 0 Å².